The van der Waals surface area contributed by atoms with E-state index >= 15 is 0 Å². The van der Waals surface area contributed by atoms with E-state index in [1.54, 1.807) is 0 Å². The third kappa shape index (κ3) is 7.50. The zero-order valence-electron chi connectivity index (χ0n) is 17.7. The van der Waals surface area contributed by atoms with Crippen LogP contribution in [0.1, 0.15) is 49.4 Å². The smallest absolute Gasteiger partial charge is 0.191 e. The second kappa shape index (κ2) is 12.2. The minimum absolute atomic E-state index is 0.697. The third-order valence-electron chi connectivity index (χ3n) is 5.36. The first-order chi connectivity index (χ1) is 14.3. The van der Waals surface area contributed by atoms with E-state index in [0.717, 1.165) is 37.7 Å². The third-order valence-corrected chi connectivity index (χ3v) is 5.36. The maximum absolute atomic E-state index is 4.84. The minimum Gasteiger partial charge on any atom is -0.357 e. The zero-order chi connectivity index (χ0) is 20.2. The molecule has 1 aliphatic rings. The average Bonchev–Trinajstić information content (AvgIpc) is 3.02. The highest BCUT2D eigenvalue weighted by Crippen LogP contribution is 2.16. The van der Waals surface area contributed by atoms with E-state index in [4.69, 9.17) is 4.99 Å². The zero-order valence-corrected chi connectivity index (χ0v) is 17.7. The molecular formula is C24H35N5. The van der Waals surface area contributed by atoms with Gasteiger partial charge in [0.15, 0.2) is 5.96 Å². The van der Waals surface area contributed by atoms with E-state index in [2.05, 4.69) is 57.8 Å². The van der Waals surface area contributed by atoms with Crippen LogP contribution in [0, 0.1) is 0 Å². The molecule has 1 saturated heterocycles. The maximum atomic E-state index is 4.84. The predicted octanol–water partition coefficient (Wildman–Crippen LogP) is 3.76. The maximum Gasteiger partial charge on any atom is 0.191 e. The molecule has 0 spiro atoms. The molecule has 29 heavy (non-hydrogen) atoms. The van der Waals surface area contributed by atoms with Gasteiger partial charge in [-0.25, -0.2) is 4.99 Å². The summed E-state index contributed by atoms with van der Waals surface area (Å²) in [7, 11) is 0. The lowest BCUT2D eigenvalue weighted by molar-refractivity contribution is 0.276. The van der Waals surface area contributed by atoms with Crippen molar-refractivity contribution in [3.05, 3.63) is 65.5 Å². The lowest BCUT2D eigenvalue weighted by atomic mass is 10.1. The number of hydrogen-bond acceptors (Lipinski definition) is 3. The number of benzene rings is 1. The van der Waals surface area contributed by atoms with Crippen LogP contribution in [0.3, 0.4) is 0 Å². The molecule has 2 N–H and O–H groups in total. The second-order valence-corrected chi connectivity index (χ2v) is 7.65. The number of aromatic nitrogens is 1. The topological polar surface area (TPSA) is 52.6 Å². The van der Waals surface area contributed by atoms with Gasteiger partial charge in [0.25, 0.3) is 0 Å². The normalized spacial score (nSPS) is 15.7. The van der Waals surface area contributed by atoms with Crippen molar-refractivity contribution in [2.75, 3.05) is 26.2 Å². The fraction of sp³-hybridized carbons (Fsp3) is 0.500. The predicted molar refractivity (Wildman–Crippen MR) is 121 cm³/mol. The quantitative estimate of drug-likeness (QED) is 0.530. The van der Waals surface area contributed by atoms with Crippen molar-refractivity contribution in [1.29, 1.82) is 0 Å². The fourth-order valence-corrected chi connectivity index (χ4v) is 3.76. The van der Waals surface area contributed by atoms with Gasteiger partial charge in [0.1, 0.15) is 0 Å². The van der Waals surface area contributed by atoms with Crippen molar-refractivity contribution >= 4 is 5.96 Å². The summed E-state index contributed by atoms with van der Waals surface area (Å²) in [6.07, 6.45) is 8.13. The van der Waals surface area contributed by atoms with Gasteiger partial charge in [0, 0.05) is 37.9 Å². The Hall–Kier alpha value is -2.40. The van der Waals surface area contributed by atoms with E-state index in [1.165, 1.54) is 49.9 Å². The van der Waals surface area contributed by atoms with Crippen LogP contribution >= 0.6 is 0 Å². The van der Waals surface area contributed by atoms with Crippen molar-refractivity contribution < 1.29 is 0 Å². The minimum atomic E-state index is 0.697. The van der Waals surface area contributed by atoms with Crippen molar-refractivity contribution in [1.82, 2.24) is 20.5 Å². The summed E-state index contributed by atoms with van der Waals surface area (Å²) in [6, 6.07) is 14.8. The molecule has 0 saturated carbocycles. The van der Waals surface area contributed by atoms with Gasteiger partial charge in [0.2, 0.25) is 0 Å². The summed E-state index contributed by atoms with van der Waals surface area (Å²) in [5, 5.41) is 6.79. The molecule has 0 aliphatic carbocycles. The van der Waals surface area contributed by atoms with Crippen LogP contribution in [0.4, 0.5) is 0 Å². The summed E-state index contributed by atoms with van der Waals surface area (Å²) in [4.78, 5) is 11.8. The van der Waals surface area contributed by atoms with Gasteiger partial charge < -0.3 is 10.6 Å². The van der Waals surface area contributed by atoms with Gasteiger partial charge >= 0.3 is 0 Å². The number of guanidine groups is 1. The molecule has 5 heteroatoms. The average molecular weight is 394 g/mol. The molecule has 2 heterocycles. The summed E-state index contributed by atoms with van der Waals surface area (Å²) in [5.74, 6) is 0.869. The summed E-state index contributed by atoms with van der Waals surface area (Å²) in [6.45, 7) is 7.94. The molecule has 2 aromatic rings. The van der Waals surface area contributed by atoms with E-state index in [9.17, 15) is 0 Å². The van der Waals surface area contributed by atoms with Crippen molar-refractivity contribution in [3.8, 4) is 0 Å². The van der Waals surface area contributed by atoms with Crippen LogP contribution in [0.2, 0.25) is 0 Å². The lowest BCUT2D eigenvalue weighted by Crippen LogP contribution is -2.38. The van der Waals surface area contributed by atoms with Crippen molar-refractivity contribution in [2.24, 2.45) is 4.99 Å². The number of pyridine rings is 1. The number of rotatable bonds is 8. The van der Waals surface area contributed by atoms with Gasteiger partial charge in [-0.2, -0.15) is 0 Å². The van der Waals surface area contributed by atoms with E-state index in [0.29, 0.717) is 6.54 Å². The summed E-state index contributed by atoms with van der Waals surface area (Å²) >= 11 is 0. The molecule has 1 aromatic carbocycles. The molecule has 0 amide bonds. The Balaban J connectivity index is 1.58. The van der Waals surface area contributed by atoms with Crippen molar-refractivity contribution in [3.63, 3.8) is 0 Å². The van der Waals surface area contributed by atoms with Crippen LogP contribution in [-0.4, -0.2) is 42.0 Å². The van der Waals surface area contributed by atoms with Gasteiger partial charge in [-0.05, 0) is 56.1 Å². The number of aliphatic imine (C=N–C) groups is 1. The molecule has 0 unspecified atom stereocenters. The lowest BCUT2D eigenvalue weighted by Gasteiger charge is -2.21. The van der Waals surface area contributed by atoms with Crippen LogP contribution in [0.5, 0.6) is 0 Å². The number of hydrogen-bond donors (Lipinski definition) is 2. The van der Waals surface area contributed by atoms with Gasteiger partial charge in [-0.3, -0.25) is 9.88 Å². The highest BCUT2D eigenvalue weighted by molar-refractivity contribution is 5.79. The highest BCUT2D eigenvalue weighted by Gasteiger charge is 2.11. The second-order valence-electron chi connectivity index (χ2n) is 7.65. The Morgan fingerprint density at radius 2 is 1.72 bits per heavy atom. The first-order valence-electron chi connectivity index (χ1n) is 11.1. The van der Waals surface area contributed by atoms with Crippen LogP contribution in [0.25, 0.3) is 0 Å². The van der Waals surface area contributed by atoms with E-state index in [-0.39, 0.29) is 0 Å². The summed E-state index contributed by atoms with van der Waals surface area (Å²) in [5.41, 5.74) is 3.82. The van der Waals surface area contributed by atoms with Crippen LogP contribution < -0.4 is 10.6 Å². The number of nitrogens with zero attached hydrogens (tertiary/aromatic N) is 3. The molecule has 1 aromatic heterocycles. The molecule has 1 fully saturated rings. The van der Waals surface area contributed by atoms with Crippen LogP contribution in [0.15, 0.2) is 53.7 Å². The molecule has 3 rings (SSSR count). The largest absolute Gasteiger partial charge is 0.357 e. The van der Waals surface area contributed by atoms with Gasteiger partial charge in [-0.15, -0.1) is 0 Å². The highest BCUT2D eigenvalue weighted by atomic mass is 15.2. The summed E-state index contributed by atoms with van der Waals surface area (Å²) < 4.78 is 0. The Morgan fingerprint density at radius 1 is 0.966 bits per heavy atom. The first kappa shape index (κ1) is 21.3. The Morgan fingerprint density at radius 3 is 2.45 bits per heavy atom. The molecule has 156 valence electrons. The number of likely N-dealkylation sites (tertiary alicyclic amines) is 1. The van der Waals surface area contributed by atoms with Crippen molar-refractivity contribution in [2.45, 2.75) is 52.1 Å². The first-order valence-corrected chi connectivity index (χ1v) is 11.1. The monoisotopic (exact) mass is 393 g/mol. The number of nitrogens with one attached hydrogen (secondary N) is 2. The van der Waals surface area contributed by atoms with Crippen LogP contribution in [-0.2, 0) is 19.5 Å². The molecule has 1 aliphatic heterocycles. The Kier molecular flexibility index (Phi) is 8.98. The molecule has 0 radical (unpaired) electrons. The van der Waals surface area contributed by atoms with Gasteiger partial charge in [-0.1, -0.05) is 43.2 Å². The molecule has 0 atom stereocenters. The Labute approximate surface area is 175 Å². The van der Waals surface area contributed by atoms with E-state index < -0.39 is 0 Å². The van der Waals surface area contributed by atoms with E-state index in [1.807, 2.05) is 18.3 Å². The Bertz CT molecular complexity index is 736. The molecule has 0 bridgehead atoms. The van der Waals surface area contributed by atoms with Gasteiger partial charge in [0.05, 0.1) is 6.54 Å². The standard InChI is InChI=1S/C24H35N5/c1-2-25-24(27-16-14-23-13-7-8-15-26-23)28-19-21-11-5-6-12-22(21)20-29-17-9-3-4-10-18-29/h5-8,11-13,15H,2-4,9-10,14,16-20H2,1H3,(H2,25,27,28). The molecular weight excluding hydrogens is 358 g/mol. The molecule has 5 nitrogen and oxygen atoms in total. The fourth-order valence-electron chi connectivity index (χ4n) is 3.76. The SMILES string of the molecule is CCNC(=NCc1ccccc1CN1CCCCCC1)NCCc1ccccn1.